The predicted molar refractivity (Wildman–Crippen MR) is 81.9 cm³/mol. The van der Waals surface area contributed by atoms with Crippen LogP contribution in [0.3, 0.4) is 0 Å². The molecule has 1 amide bonds. The van der Waals surface area contributed by atoms with Gasteiger partial charge in [-0.2, -0.15) is 0 Å². The Morgan fingerprint density at radius 1 is 1.48 bits per heavy atom. The average molecular weight is 361 g/mol. The molecule has 1 aromatic rings. The number of nitrogens with two attached hydrogens (primary N) is 1. The van der Waals surface area contributed by atoms with Crippen molar-refractivity contribution in [1.29, 1.82) is 0 Å². The van der Waals surface area contributed by atoms with Crippen LogP contribution >= 0.6 is 15.9 Å². The average Bonchev–Trinajstić information content (AvgIpc) is 2.96. The summed E-state index contributed by atoms with van der Waals surface area (Å²) in [7, 11) is 0. The van der Waals surface area contributed by atoms with Crippen LogP contribution in [-0.4, -0.2) is 46.4 Å². The van der Waals surface area contributed by atoms with Gasteiger partial charge in [-0.05, 0) is 12.8 Å². The maximum atomic E-state index is 12.1. The number of alkyl halides is 1. The number of ether oxygens (including phenoxy) is 1. The van der Waals surface area contributed by atoms with Gasteiger partial charge in [-0.3, -0.25) is 4.79 Å². The zero-order chi connectivity index (χ0) is 15.5. The van der Waals surface area contributed by atoms with Gasteiger partial charge < -0.3 is 20.8 Å². The van der Waals surface area contributed by atoms with Crippen LogP contribution in [0.15, 0.2) is 12.5 Å². The zero-order valence-corrected chi connectivity index (χ0v) is 13.4. The SMILES string of the molecule is NCCC(=O)N[C@@H](Cc1cnc[nH]1)C(=O)OCCCCBr. The summed E-state index contributed by atoms with van der Waals surface area (Å²) in [5, 5.41) is 3.52. The Morgan fingerprint density at radius 3 is 2.90 bits per heavy atom. The van der Waals surface area contributed by atoms with Crippen LogP contribution in [0.5, 0.6) is 0 Å². The van der Waals surface area contributed by atoms with Crippen molar-refractivity contribution in [3.05, 3.63) is 18.2 Å². The molecule has 4 N–H and O–H groups in total. The van der Waals surface area contributed by atoms with E-state index < -0.39 is 12.0 Å². The zero-order valence-electron chi connectivity index (χ0n) is 11.8. The topological polar surface area (TPSA) is 110 Å². The van der Waals surface area contributed by atoms with Crippen molar-refractivity contribution in [2.24, 2.45) is 5.73 Å². The fourth-order valence-electron chi connectivity index (χ4n) is 1.68. The number of hydrogen-bond acceptors (Lipinski definition) is 5. The van der Waals surface area contributed by atoms with E-state index in [1.54, 1.807) is 6.20 Å². The Balaban J connectivity index is 2.53. The van der Waals surface area contributed by atoms with Gasteiger partial charge in [0.25, 0.3) is 0 Å². The number of H-pyrrole nitrogens is 1. The second-order valence-corrected chi connectivity index (χ2v) is 5.30. The lowest BCUT2D eigenvalue weighted by Crippen LogP contribution is -2.44. The van der Waals surface area contributed by atoms with Gasteiger partial charge in [0.2, 0.25) is 5.91 Å². The first kappa shape index (κ1) is 17.6. The summed E-state index contributed by atoms with van der Waals surface area (Å²) in [5.74, 6) is -0.705. The highest BCUT2D eigenvalue weighted by molar-refractivity contribution is 9.09. The smallest absolute Gasteiger partial charge is 0.329 e. The van der Waals surface area contributed by atoms with Gasteiger partial charge in [-0.25, -0.2) is 9.78 Å². The van der Waals surface area contributed by atoms with Crippen LogP contribution in [0.4, 0.5) is 0 Å². The van der Waals surface area contributed by atoms with Crippen LogP contribution < -0.4 is 11.1 Å². The number of aromatic amines is 1. The fourth-order valence-corrected chi connectivity index (χ4v) is 2.07. The number of aromatic nitrogens is 2. The van der Waals surface area contributed by atoms with E-state index in [0.29, 0.717) is 13.0 Å². The number of unbranched alkanes of at least 4 members (excludes halogenated alkanes) is 1. The minimum atomic E-state index is -0.728. The number of esters is 1. The summed E-state index contributed by atoms with van der Waals surface area (Å²) in [4.78, 5) is 30.5. The molecule has 0 spiro atoms. The van der Waals surface area contributed by atoms with Gasteiger partial charge in [0.1, 0.15) is 6.04 Å². The second-order valence-electron chi connectivity index (χ2n) is 4.50. The first-order valence-corrected chi connectivity index (χ1v) is 7.98. The summed E-state index contributed by atoms with van der Waals surface area (Å²) in [6, 6.07) is -0.728. The Hall–Kier alpha value is -1.41. The molecule has 1 rings (SSSR count). The lowest BCUT2D eigenvalue weighted by molar-refractivity contribution is -0.148. The number of carbonyl (C=O) groups is 2. The Kier molecular flexibility index (Phi) is 8.68. The molecule has 0 saturated heterocycles. The van der Waals surface area contributed by atoms with E-state index in [0.717, 1.165) is 23.9 Å². The number of carbonyl (C=O) groups excluding carboxylic acids is 2. The molecule has 1 aromatic heterocycles. The number of nitrogens with one attached hydrogen (secondary N) is 2. The standard InChI is InChI=1S/C13H21BrN4O3/c14-4-1-2-6-21-13(20)11(18-12(19)3-5-15)7-10-8-16-9-17-10/h8-9,11H,1-7,15H2,(H,16,17)(H,18,19)/t11-/m0/s1. The van der Waals surface area contributed by atoms with E-state index >= 15 is 0 Å². The monoisotopic (exact) mass is 360 g/mol. The minimum absolute atomic E-state index is 0.177. The van der Waals surface area contributed by atoms with Crippen molar-refractivity contribution in [2.75, 3.05) is 18.5 Å². The second kappa shape index (κ2) is 10.3. The molecule has 0 radical (unpaired) electrons. The molecule has 0 fully saturated rings. The molecule has 0 aliphatic rings. The van der Waals surface area contributed by atoms with Gasteiger partial charge in [-0.15, -0.1) is 0 Å². The molecule has 0 bridgehead atoms. The van der Waals surface area contributed by atoms with Crippen LogP contribution in [0, 0.1) is 0 Å². The van der Waals surface area contributed by atoms with Crippen molar-refractivity contribution >= 4 is 27.8 Å². The molecule has 8 heteroatoms. The molecule has 1 heterocycles. The quantitative estimate of drug-likeness (QED) is 0.319. The highest BCUT2D eigenvalue weighted by Crippen LogP contribution is 2.03. The van der Waals surface area contributed by atoms with Gasteiger partial charge in [0.15, 0.2) is 0 Å². The van der Waals surface area contributed by atoms with E-state index in [4.69, 9.17) is 10.5 Å². The Morgan fingerprint density at radius 2 is 2.29 bits per heavy atom. The van der Waals surface area contributed by atoms with E-state index in [2.05, 4.69) is 31.2 Å². The first-order valence-electron chi connectivity index (χ1n) is 6.86. The molecule has 0 saturated carbocycles. The van der Waals surface area contributed by atoms with Gasteiger partial charge in [-0.1, -0.05) is 15.9 Å². The molecule has 0 aliphatic heterocycles. The fraction of sp³-hybridized carbons (Fsp3) is 0.615. The van der Waals surface area contributed by atoms with Crippen LogP contribution in [0.25, 0.3) is 0 Å². The molecular formula is C13H21BrN4O3. The summed E-state index contributed by atoms with van der Waals surface area (Å²) in [6.45, 7) is 0.583. The molecule has 118 valence electrons. The lowest BCUT2D eigenvalue weighted by Gasteiger charge is -2.17. The number of halogens is 1. The van der Waals surface area contributed by atoms with Crippen LogP contribution in [0.2, 0.25) is 0 Å². The first-order chi connectivity index (χ1) is 10.2. The molecule has 1 atom stereocenters. The highest BCUT2D eigenvalue weighted by Gasteiger charge is 2.23. The van der Waals surface area contributed by atoms with Crippen LogP contribution in [-0.2, 0) is 20.7 Å². The van der Waals surface area contributed by atoms with Crippen LogP contribution in [0.1, 0.15) is 25.0 Å². The molecule has 7 nitrogen and oxygen atoms in total. The summed E-state index contributed by atoms with van der Waals surface area (Å²) < 4.78 is 5.19. The summed E-state index contributed by atoms with van der Waals surface area (Å²) in [5.41, 5.74) is 6.09. The molecular weight excluding hydrogens is 340 g/mol. The van der Waals surface area contributed by atoms with E-state index in [1.165, 1.54) is 6.33 Å². The number of hydrogen-bond donors (Lipinski definition) is 3. The third-order valence-electron chi connectivity index (χ3n) is 2.74. The normalized spacial score (nSPS) is 11.9. The van der Waals surface area contributed by atoms with E-state index in [9.17, 15) is 9.59 Å². The van der Waals surface area contributed by atoms with Crippen molar-refractivity contribution in [3.63, 3.8) is 0 Å². The Labute approximate surface area is 132 Å². The third kappa shape index (κ3) is 7.24. The number of nitrogens with zero attached hydrogens (tertiary/aromatic N) is 1. The van der Waals surface area contributed by atoms with E-state index in [1.807, 2.05) is 0 Å². The third-order valence-corrected chi connectivity index (χ3v) is 3.30. The number of amides is 1. The number of rotatable bonds is 10. The molecule has 0 aliphatic carbocycles. The Bertz CT molecular complexity index is 425. The van der Waals surface area contributed by atoms with Gasteiger partial charge in [0.05, 0.1) is 12.9 Å². The summed E-state index contributed by atoms with van der Waals surface area (Å²) in [6.07, 6.45) is 5.34. The van der Waals surface area contributed by atoms with Crippen molar-refractivity contribution < 1.29 is 14.3 Å². The van der Waals surface area contributed by atoms with Crippen molar-refractivity contribution in [1.82, 2.24) is 15.3 Å². The predicted octanol–water partition coefficient (Wildman–Crippen LogP) is 0.504. The van der Waals surface area contributed by atoms with Crippen molar-refractivity contribution in [2.45, 2.75) is 31.7 Å². The maximum Gasteiger partial charge on any atom is 0.329 e. The molecule has 0 aromatic carbocycles. The molecule has 0 unspecified atom stereocenters. The number of imidazole rings is 1. The molecule has 21 heavy (non-hydrogen) atoms. The lowest BCUT2D eigenvalue weighted by atomic mass is 10.1. The van der Waals surface area contributed by atoms with E-state index in [-0.39, 0.29) is 18.9 Å². The minimum Gasteiger partial charge on any atom is -0.464 e. The van der Waals surface area contributed by atoms with Gasteiger partial charge >= 0.3 is 5.97 Å². The summed E-state index contributed by atoms with van der Waals surface area (Å²) >= 11 is 3.31. The largest absolute Gasteiger partial charge is 0.464 e. The van der Waals surface area contributed by atoms with Crippen molar-refractivity contribution in [3.8, 4) is 0 Å². The maximum absolute atomic E-state index is 12.1. The highest BCUT2D eigenvalue weighted by atomic mass is 79.9. The van der Waals surface area contributed by atoms with Gasteiger partial charge in [0, 0.05) is 36.6 Å².